The Labute approximate surface area is 162 Å². The van der Waals surface area contributed by atoms with E-state index in [1.165, 1.54) is 12.1 Å². The molecule has 6 nitrogen and oxygen atoms in total. The van der Waals surface area contributed by atoms with Crippen LogP contribution in [-0.2, 0) is 4.79 Å². The molecule has 0 aliphatic carbocycles. The molecule has 2 aromatic carbocycles. The zero-order chi connectivity index (χ0) is 19.5. The van der Waals surface area contributed by atoms with Crippen LogP contribution in [-0.4, -0.2) is 18.2 Å². The highest BCUT2D eigenvalue weighted by Gasteiger charge is 2.08. The Bertz CT molecular complexity index is 877. The maximum atomic E-state index is 11.8. The van der Waals surface area contributed by atoms with Crippen molar-refractivity contribution >= 4 is 35.0 Å². The highest BCUT2D eigenvalue weighted by Crippen LogP contribution is 2.30. The smallest absolute Gasteiger partial charge is 0.277 e. The fraction of sp³-hybridized carbons (Fsp3) is 0.100. The molecule has 0 aromatic heterocycles. The topological polar surface area (TPSA) is 80.1 Å². The molecule has 0 atom stereocenters. The van der Waals surface area contributed by atoms with Gasteiger partial charge < -0.3 is 4.74 Å². The van der Waals surface area contributed by atoms with Crippen LogP contribution in [0.2, 0.25) is 5.02 Å². The van der Waals surface area contributed by atoms with Gasteiger partial charge in [-0.1, -0.05) is 60.2 Å². The molecule has 2 rings (SSSR count). The summed E-state index contributed by atoms with van der Waals surface area (Å²) < 4.78 is 5.26. The number of hydrogen-bond donors (Lipinski definition) is 1. The van der Waals surface area contributed by atoms with Gasteiger partial charge in [-0.3, -0.25) is 4.79 Å². The third-order valence-corrected chi connectivity index (χ3v) is 3.51. The molecular weight excluding hydrogens is 366 g/mol. The summed E-state index contributed by atoms with van der Waals surface area (Å²) >= 11 is 5.77. The molecule has 1 N–H and O–H groups in total. The maximum Gasteiger partial charge on any atom is 0.277 e. The van der Waals surface area contributed by atoms with E-state index >= 15 is 0 Å². The molecule has 0 aliphatic heterocycles. The first-order valence-corrected chi connectivity index (χ1v) is 8.45. The molecule has 0 saturated heterocycles. The van der Waals surface area contributed by atoms with Gasteiger partial charge in [-0.15, -0.1) is 4.91 Å². The fourth-order valence-corrected chi connectivity index (χ4v) is 2.14. The first kappa shape index (κ1) is 20.1. The summed E-state index contributed by atoms with van der Waals surface area (Å²) in [6.45, 7) is 1.44. The second-order valence-corrected chi connectivity index (χ2v) is 5.85. The maximum absolute atomic E-state index is 11.8. The van der Waals surface area contributed by atoms with Crippen LogP contribution in [0.5, 0.6) is 5.75 Å². The molecule has 0 aliphatic rings. The van der Waals surface area contributed by atoms with Gasteiger partial charge in [-0.25, -0.2) is 5.43 Å². The number of nitrogens with zero attached hydrogens (tertiary/aromatic N) is 2. The number of ether oxygens (including phenoxy) is 1. The number of rotatable bonds is 8. The highest BCUT2D eigenvalue weighted by atomic mass is 35.5. The van der Waals surface area contributed by atoms with Crippen LogP contribution < -0.4 is 10.2 Å². The van der Waals surface area contributed by atoms with Gasteiger partial charge in [0.05, 0.1) is 5.71 Å². The van der Waals surface area contributed by atoms with Gasteiger partial charge in [0.15, 0.2) is 12.3 Å². The summed E-state index contributed by atoms with van der Waals surface area (Å²) in [5.74, 6) is -0.287. The Morgan fingerprint density at radius 3 is 2.70 bits per heavy atom. The van der Waals surface area contributed by atoms with Crippen LogP contribution in [0.1, 0.15) is 12.5 Å². The van der Waals surface area contributed by atoms with E-state index in [0.717, 1.165) is 5.56 Å². The van der Waals surface area contributed by atoms with Crippen molar-refractivity contribution in [3.63, 3.8) is 0 Å². The number of carbonyl (C=O) groups excluding carboxylic acids is 1. The Kier molecular flexibility index (Phi) is 7.93. The molecule has 0 unspecified atom stereocenters. The van der Waals surface area contributed by atoms with Crippen LogP contribution in [0, 0.1) is 4.91 Å². The molecule has 0 radical (unpaired) electrons. The van der Waals surface area contributed by atoms with Gasteiger partial charge in [0.1, 0.15) is 5.75 Å². The molecule has 0 fully saturated rings. The van der Waals surface area contributed by atoms with E-state index in [-0.39, 0.29) is 18.0 Å². The number of carbonyl (C=O) groups is 1. The van der Waals surface area contributed by atoms with E-state index in [9.17, 15) is 9.70 Å². The lowest BCUT2D eigenvalue weighted by molar-refractivity contribution is -0.123. The molecule has 0 bridgehead atoms. The van der Waals surface area contributed by atoms with E-state index < -0.39 is 5.91 Å². The normalized spacial score (nSPS) is 11.7. The zero-order valence-corrected chi connectivity index (χ0v) is 15.4. The number of hydrazone groups is 1. The number of benzene rings is 2. The van der Waals surface area contributed by atoms with Crippen molar-refractivity contribution in [1.82, 2.24) is 5.43 Å². The minimum absolute atomic E-state index is 0.0307. The van der Waals surface area contributed by atoms with Crippen LogP contribution in [0.3, 0.4) is 0 Å². The second kappa shape index (κ2) is 10.7. The SMILES string of the molecule is CC(/C=C/C=C/c1ccccc1)=N\NC(=O)COc1ccc(Cl)cc1N=O. The van der Waals surface area contributed by atoms with Crippen LogP contribution in [0.15, 0.2) is 77.0 Å². The average Bonchev–Trinajstić information content (AvgIpc) is 2.69. The van der Waals surface area contributed by atoms with Gasteiger partial charge in [0.25, 0.3) is 5.91 Å². The second-order valence-electron chi connectivity index (χ2n) is 5.41. The van der Waals surface area contributed by atoms with E-state index in [0.29, 0.717) is 10.7 Å². The van der Waals surface area contributed by atoms with Crippen LogP contribution >= 0.6 is 11.6 Å². The van der Waals surface area contributed by atoms with E-state index in [4.69, 9.17) is 16.3 Å². The third-order valence-electron chi connectivity index (χ3n) is 3.27. The molecule has 7 heteroatoms. The summed E-state index contributed by atoms with van der Waals surface area (Å²) in [5, 5.41) is 7.12. The summed E-state index contributed by atoms with van der Waals surface area (Å²) in [7, 11) is 0. The van der Waals surface area contributed by atoms with Crippen LogP contribution in [0.25, 0.3) is 6.08 Å². The van der Waals surface area contributed by atoms with Gasteiger partial charge >= 0.3 is 0 Å². The van der Waals surface area contributed by atoms with E-state index in [2.05, 4.69) is 15.7 Å². The molecular formula is C20H18ClN3O3. The van der Waals surface area contributed by atoms with Gasteiger partial charge in [-0.2, -0.15) is 5.10 Å². The standard InChI is InChI=1S/C20H18ClN3O3/c1-15(7-5-6-10-16-8-3-2-4-9-16)22-23-20(25)14-27-19-12-11-17(21)13-18(19)24-26/h2-13H,14H2,1H3,(H,23,25)/b7-5+,10-6+,22-15+. The predicted octanol–water partition coefficient (Wildman–Crippen LogP) is 4.88. The molecule has 27 heavy (non-hydrogen) atoms. The third kappa shape index (κ3) is 7.25. The predicted molar refractivity (Wildman–Crippen MR) is 108 cm³/mol. The summed E-state index contributed by atoms with van der Waals surface area (Å²) in [5.41, 5.74) is 4.11. The number of hydrogen-bond acceptors (Lipinski definition) is 5. The quantitative estimate of drug-likeness (QED) is 0.305. The number of allylic oxidation sites excluding steroid dienone is 3. The Morgan fingerprint density at radius 2 is 1.96 bits per heavy atom. The fourth-order valence-electron chi connectivity index (χ4n) is 1.97. The van der Waals surface area contributed by atoms with Gasteiger partial charge in [0.2, 0.25) is 0 Å². The largest absolute Gasteiger partial charge is 0.481 e. The lowest BCUT2D eigenvalue weighted by Gasteiger charge is -2.06. The molecule has 0 saturated carbocycles. The number of halogens is 1. The van der Waals surface area contributed by atoms with Gasteiger partial charge in [-0.05, 0) is 41.9 Å². The molecule has 1 amide bonds. The number of nitroso groups, excluding NO2 is 1. The monoisotopic (exact) mass is 383 g/mol. The first-order valence-electron chi connectivity index (χ1n) is 8.07. The average molecular weight is 384 g/mol. The van der Waals surface area contributed by atoms with Crippen molar-refractivity contribution in [2.45, 2.75) is 6.92 Å². The van der Waals surface area contributed by atoms with Crippen molar-refractivity contribution in [3.8, 4) is 5.75 Å². The van der Waals surface area contributed by atoms with E-state index in [1.54, 1.807) is 19.1 Å². The van der Waals surface area contributed by atoms with Gasteiger partial charge in [0, 0.05) is 5.02 Å². The van der Waals surface area contributed by atoms with Crippen molar-refractivity contribution in [2.24, 2.45) is 10.3 Å². The lowest BCUT2D eigenvalue weighted by Crippen LogP contribution is -2.25. The minimum Gasteiger partial charge on any atom is -0.481 e. The van der Waals surface area contributed by atoms with Crippen molar-refractivity contribution < 1.29 is 9.53 Å². The molecule has 0 heterocycles. The summed E-state index contributed by atoms with van der Waals surface area (Å²) in [6.07, 6.45) is 7.42. The Morgan fingerprint density at radius 1 is 1.19 bits per heavy atom. The first-order chi connectivity index (χ1) is 13.1. The van der Waals surface area contributed by atoms with Crippen molar-refractivity contribution in [2.75, 3.05) is 6.61 Å². The summed E-state index contributed by atoms with van der Waals surface area (Å²) in [6, 6.07) is 14.3. The Balaban J connectivity index is 1.80. The highest BCUT2D eigenvalue weighted by molar-refractivity contribution is 6.30. The zero-order valence-electron chi connectivity index (χ0n) is 14.6. The van der Waals surface area contributed by atoms with E-state index in [1.807, 2.05) is 48.6 Å². The van der Waals surface area contributed by atoms with Crippen molar-refractivity contribution in [1.29, 1.82) is 0 Å². The molecule has 0 spiro atoms. The Hall–Kier alpha value is -3.25. The molecule has 2 aromatic rings. The lowest BCUT2D eigenvalue weighted by atomic mass is 10.2. The molecule has 138 valence electrons. The number of amides is 1. The van der Waals surface area contributed by atoms with Crippen LogP contribution in [0.4, 0.5) is 5.69 Å². The minimum atomic E-state index is -0.464. The summed E-state index contributed by atoms with van der Waals surface area (Å²) in [4.78, 5) is 22.5. The van der Waals surface area contributed by atoms with Crippen molar-refractivity contribution in [3.05, 3.63) is 82.3 Å². The number of nitrogens with one attached hydrogen (secondary N) is 1.